The van der Waals surface area contributed by atoms with E-state index < -0.39 is 12.1 Å². The van der Waals surface area contributed by atoms with E-state index in [0.29, 0.717) is 36.3 Å². The van der Waals surface area contributed by atoms with Gasteiger partial charge in [-0.2, -0.15) is 13.2 Å². The Morgan fingerprint density at radius 2 is 1.97 bits per heavy atom. The number of pyridine rings is 2. The van der Waals surface area contributed by atoms with Crippen LogP contribution in [0.5, 0.6) is 0 Å². The summed E-state index contributed by atoms with van der Waals surface area (Å²) < 4.78 is 38.9. The van der Waals surface area contributed by atoms with E-state index in [1.807, 2.05) is 30.3 Å². The molecule has 3 aromatic rings. The third kappa shape index (κ3) is 6.78. The second kappa shape index (κ2) is 11.5. The summed E-state index contributed by atoms with van der Waals surface area (Å²) in [5, 5.41) is 10.5. The van der Waals surface area contributed by atoms with E-state index in [-0.39, 0.29) is 25.2 Å². The van der Waals surface area contributed by atoms with Gasteiger partial charge in [0.25, 0.3) is 12.4 Å². The second-order valence-corrected chi connectivity index (χ2v) is 8.01. The molecule has 1 aromatic carbocycles. The number of nitrogens with zero attached hydrogens (tertiary/aromatic N) is 2. The molecule has 1 aliphatic carbocycles. The van der Waals surface area contributed by atoms with Crippen molar-refractivity contribution in [1.82, 2.24) is 15.3 Å². The molecule has 1 amide bonds. The number of halogens is 3. The monoisotopic (exact) mass is 486 g/mol. The predicted molar refractivity (Wildman–Crippen MR) is 126 cm³/mol. The lowest BCUT2D eigenvalue weighted by atomic mass is 9.85. The minimum absolute atomic E-state index is 0.0162. The van der Waals surface area contributed by atoms with Crippen molar-refractivity contribution in [2.75, 3.05) is 12.3 Å². The third-order valence-corrected chi connectivity index (χ3v) is 5.69. The molecule has 1 aliphatic rings. The molecule has 0 radical (unpaired) electrons. The summed E-state index contributed by atoms with van der Waals surface area (Å²) in [6.07, 6.45) is -0.0264. The van der Waals surface area contributed by atoms with Gasteiger partial charge in [-0.3, -0.25) is 14.6 Å². The highest BCUT2D eigenvalue weighted by molar-refractivity contribution is 5.99. The van der Waals surface area contributed by atoms with Gasteiger partial charge in [0.05, 0.1) is 17.0 Å². The predicted octanol–water partition coefficient (Wildman–Crippen LogP) is 4.63. The minimum Gasteiger partial charge on any atom is -0.483 e. The SMILES string of the molecule is Nc1cccc(CCNC(=O)c2cnc3c(C4=CC[C@@H](C(F)(F)F)CC4)cccc3c2)n1.O=CO. The molecule has 35 heavy (non-hydrogen) atoms. The average Bonchev–Trinajstić information content (AvgIpc) is 2.83. The van der Waals surface area contributed by atoms with Gasteiger partial charge in [-0.25, -0.2) is 4.98 Å². The lowest BCUT2D eigenvalue weighted by molar-refractivity contribution is -0.175. The first kappa shape index (κ1) is 25.7. The molecule has 0 saturated heterocycles. The summed E-state index contributed by atoms with van der Waals surface area (Å²) in [7, 11) is 0. The number of benzene rings is 1. The van der Waals surface area contributed by atoms with Gasteiger partial charge in [0.15, 0.2) is 0 Å². The molecule has 0 spiro atoms. The number of hydrogen-bond acceptors (Lipinski definition) is 5. The van der Waals surface area contributed by atoms with Crippen molar-refractivity contribution in [2.45, 2.75) is 31.9 Å². The van der Waals surface area contributed by atoms with Crippen LogP contribution in [0, 0.1) is 5.92 Å². The molecule has 0 unspecified atom stereocenters. The van der Waals surface area contributed by atoms with Crippen molar-refractivity contribution in [3.63, 3.8) is 0 Å². The summed E-state index contributed by atoms with van der Waals surface area (Å²) in [6.45, 7) is 0.153. The van der Waals surface area contributed by atoms with Crippen molar-refractivity contribution < 1.29 is 27.9 Å². The number of aromatic nitrogens is 2. The molecular weight excluding hydrogens is 461 g/mol. The zero-order chi connectivity index (χ0) is 25.4. The Labute approximate surface area is 199 Å². The lowest BCUT2D eigenvalue weighted by Crippen LogP contribution is -2.26. The number of nitrogens with one attached hydrogen (secondary N) is 1. The average molecular weight is 486 g/mol. The zero-order valence-corrected chi connectivity index (χ0v) is 18.8. The summed E-state index contributed by atoms with van der Waals surface area (Å²) in [6, 6.07) is 12.7. The number of fused-ring (bicyclic) bond motifs is 1. The Morgan fingerprint density at radius 3 is 2.63 bits per heavy atom. The van der Waals surface area contributed by atoms with Crippen molar-refractivity contribution in [3.05, 3.63) is 71.6 Å². The number of allylic oxidation sites excluding steroid dienone is 2. The topological polar surface area (TPSA) is 118 Å². The maximum absolute atomic E-state index is 13.0. The molecule has 0 bridgehead atoms. The van der Waals surface area contributed by atoms with Gasteiger partial charge in [-0.15, -0.1) is 0 Å². The van der Waals surface area contributed by atoms with Gasteiger partial charge in [0.2, 0.25) is 0 Å². The number of rotatable bonds is 5. The van der Waals surface area contributed by atoms with Gasteiger partial charge < -0.3 is 16.2 Å². The quantitative estimate of drug-likeness (QED) is 0.453. The van der Waals surface area contributed by atoms with Crippen molar-refractivity contribution in [1.29, 1.82) is 0 Å². The Balaban J connectivity index is 0.00000108. The van der Waals surface area contributed by atoms with E-state index in [9.17, 15) is 18.0 Å². The van der Waals surface area contributed by atoms with Gasteiger partial charge >= 0.3 is 6.18 Å². The Morgan fingerprint density at radius 1 is 1.23 bits per heavy atom. The van der Waals surface area contributed by atoms with E-state index >= 15 is 0 Å². The van der Waals surface area contributed by atoms with Crippen LogP contribution < -0.4 is 11.1 Å². The number of anilines is 1. The fourth-order valence-electron chi connectivity index (χ4n) is 3.96. The Kier molecular flexibility index (Phi) is 8.40. The van der Waals surface area contributed by atoms with Crippen LogP contribution in [0.2, 0.25) is 0 Å². The molecule has 4 rings (SSSR count). The molecule has 2 aromatic heterocycles. The van der Waals surface area contributed by atoms with Crippen molar-refractivity contribution >= 4 is 34.7 Å². The third-order valence-electron chi connectivity index (χ3n) is 5.69. The number of para-hydroxylation sites is 1. The molecule has 7 nitrogen and oxygen atoms in total. The lowest BCUT2D eigenvalue weighted by Gasteiger charge is -2.24. The highest BCUT2D eigenvalue weighted by atomic mass is 19.4. The molecule has 1 atom stereocenters. The van der Waals surface area contributed by atoms with E-state index in [1.165, 1.54) is 6.20 Å². The van der Waals surface area contributed by atoms with Crippen LogP contribution in [0.15, 0.2) is 54.7 Å². The molecule has 10 heteroatoms. The molecule has 0 aliphatic heterocycles. The normalized spacial score (nSPS) is 15.5. The number of hydrogen-bond donors (Lipinski definition) is 3. The highest BCUT2D eigenvalue weighted by Gasteiger charge is 2.39. The minimum atomic E-state index is -4.16. The first-order valence-electron chi connectivity index (χ1n) is 10.9. The van der Waals surface area contributed by atoms with Crippen LogP contribution in [0.4, 0.5) is 19.0 Å². The standard InChI is InChI=1S/C24H23F3N4O.CH2O2/c25-24(26,27)18-9-7-15(8-10-18)20-5-1-3-16-13-17(14-30-22(16)20)23(32)29-12-11-19-4-2-6-21(28)31-19;2-1-3/h1-7,13-14,18H,8-12H2,(H2,28,31)(H,29,32);1H,(H,2,3)/t18-;/m1./s1. The fourth-order valence-corrected chi connectivity index (χ4v) is 3.96. The van der Waals surface area contributed by atoms with E-state index in [2.05, 4.69) is 15.3 Å². The van der Waals surface area contributed by atoms with E-state index in [4.69, 9.17) is 15.6 Å². The van der Waals surface area contributed by atoms with Gasteiger partial charge in [0.1, 0.15) is 5.82 Å². The van der Waals surface area contributed by atoms with Gasteiger partial charge in [0, 0.05) is 35.8 Å². The second-order valence-electron chi connectivity index (χ2n) is 8.01. The van der Waals surface area contributed by atoms with Crippen LogP contribution >= 0.6 is 0 Å². The molecule has 0 saturated carbocycles. The van der Waals surface area contributed by atoms with Gasteiger partial charge in [-0.1, -0.05) is 30.3 Å². The van der Waals surface area contributed by atoms with Gasteiger partial charge in [-0.05, 0) is 43.0 Å². The van der Waals surface area contributed by atoms with E-state index in [1.54, 1.807) is 18.2 Å². The molecule has 0 fully saturated rings. The number of carbonyl (C=O) groups is 2. The molecule has 4 N–H and O–H groups in total. The summed E-state index contributed by atoms with van der Waals surface area (Å²) in [5.74, 6) is -1.10. The van der Waals surface area contributed by atoms with Crippen molar-refractivity contribution in [2.24, 2.45) is 5.92 Å². The first-order valence-corrected chi connectivity index (χ1v) is 10.9. The number of nitrogen functional groups attached to an aromatic ring is 1. The zero-order valence-electron chi connectivity index (χ0n) is 18.8. The molecule has 184 valence electrons. The molecular formula is C25H25F3N4O3. The number of carboxylic acid groups (broad SMARTS) is 1. The first-order chi connectivity index (χ1) is 16.7. The Hall–Kier alpha value is -3.95. The number of nitrogens with two attached hydrogens (primary N) is 1. The van der Waals surface area contributed by atoms with Crippen LogP contribution in [0.3, 0.4) is 0 Å². The summed E-state index contributed by atoms with van der Waals surface area (Å²) in [5.41, 5.74) is 9.26. The number of carbonyl (C=O) groups excluding carboxylic acids is 1. The summed E-state index contributed by atoms with van der Waals surface area (Å²) >= 11 is 0. The summed E-state index contributed by atoms with van der Waals surface area (Å²) in [4.78, 5) is 29.6. The fraction of sp³-hybridized carbons (Fsp3) is 0.280. The van der Waals surface area contributed by atoms with Crippen LogP contribution in [0.25, 0.3) is 16.5 Å². The molecule has 2 heterocycles. The number of alkyl halides is 3. The van der Waals surface area contributed by atoms with Crippen LogP contribution in [-0.4, -0.2) is 40.2 Å². The van der Waals surface area contributed by atoms with Crippen LogP contribution in [0.1, 0.15) is 40.9 Å². The number of amides is 1. The van der Waals surface area contributed by atoms with Crippen molar-refractivity contribution in [3.8, 4) is 0 Å². The Bertz CT molecular complexity index is 1230. The maximum atomic E-state index is 13.0. The van der Waals surface area contributed by atoms with E-state index in [0.717, 1.165) is 22.2 Å². The smallest absolute Gasteiger partial charge is 0.392 e. The highest BCUT2D eigenvalue weighted by Crippen LogP contribution is 2.40. The maximum Gasteiger partial charge on any atom is 0.392 e. The van der Waals surface area contributed by atoms with Crippen LogP contribution in [-0.2, 0) is 11.2 Å². The largest absolute Gasteiger partial charge is 0.483 e.